The van der Waals surface area contributed by atoms with E-state index >= 15 is 0 Å². The van der Waals surface area contributed by atoms with Crippen molar-refractivity contribution in [3.05, 3.63) is 130 Å². The van der Waals surface area contributed by atoms with Crippen LogP contribution in [0.15, 0.2) is 103 Å². The zero-order chi connectivity index (χ0) is 32.1. The summed E-state index contributed by atoms with van der Waals surface area (Å²) in [7, 11) is 0. The second-order valence-electron chi connectivity index (χ2n) is 11.5. The molecule has 5 rings (SSSR count). The van der Waals surface area contributed by atoms with Crippen LogP contribution in [-0.4, -0.2) is 32.9 Å². The minimum atomic E-state index is -1.21. The van der Waals surface area contributed by atoms with E-state index in [1.165, 1.54) is 29.8 Å². The van der Waals surface area contributed by atoms with E-state index in [1.54, 1.807) is 42.6 Å². The van der Waals surface area contributed by atoms with E-state index in [0.717, 1.165) is 10.8 Å². The third kappa shape index (κ3) is 7.80. The summed E-state index contributed by atoms with van der Waals surface area (Å²) in [6, 6.07) is 26.1. The number of aromatic nitrogens is 1. The number of nitro benzene ring substituents is 1. The molecule has 5 aromatic rings. The second-order valence-corrected chi connectivity index (χ2v) is 11.5. The van der Waals surface area contributed by atoms with Crippen molar-refractivity contribution in [2.45, 2.75) is 38.6 Å². The van der Waals surface area contributed by atoms with Gasteiger partial charge in [-0.05, 0) is 82.6 Å². The molecule has 10 nitrogen and oxygen atoms in total. The minimum absolute atomic E-state index is 0.0262. The fourth-order valence-corrected chi connectivity index (χ4v) is 4.60. The number of amides is 1. The summed E-state index contributed by atoms with van der Waals surface area (Å²) in [4.78, 5) is 39.7. The lowest BCUT2D eigenvalue weighted by atomic mass is 9.87. The lowest BCUT2D eigenvalue weighted by molar-refractivity contribution is -0.384. The Morgan fingerprint density at radius 2 is 1.38 bits per heavy atom. The highest BCUT2D eigenvalue weighted by atomic mass is 16.6. The van der Waals surface area contributed by atoms with Crippen molar-refractivity contribution >= 4 is 28.3 Å². The van der Waals surface area contributed by atoms with Gasteiger partial charge in [0.15, 0.2) is 0 Å². The SMILES string of the molecule is CC(C)(C)c1ccc(Oc2ccc3cnc(C(=O)N[C@@H](Cc4ccc(Oc5ccc([N+](=O)[O-])cc5)cc4)C(=O)O)cc3c2)cc1. The standard InChI is InChI=1S/C35H31N3O7/c1-35(2,3)25-7-14-28(15-8-25)45-30-13-6-23-21-36-31(20-24(23)19-30)33(39)37-32(34(40)41)18-22-4-11-27(12-5-22)44-29-16-9-26(10-17-29)38(42)43/h4-17,19-21,32H,18H2,1-3H3,(H,37,39)(H,40,41)/t32-/m0/s1. The van der Waals surface area contributed by atoms with Crippen LogP contribution in [0.2, 0.25) is 0 Å². The number of pyridine rings is 1. The molecule has 0 spiro atoms. The normalized spacial score (nSPS) is 11.9. The minimum Gasteiger partial charge on any atom is -0.480 e. The van der Waals surface area contributed by atoms with Gasteiger partial charge < -0.3 is 19.9 Å². The molecular formula is C35H31N3O7. The van der Waals surface area contributed by atoms with Crippen LogP contribution in [0, 0.1) is 10.1 Å². The van der Waals surface area contributed by atoms with Gasteiger partial charge in [0.05, 0.1) is 4.92 Å². The number of nitrogens with one attached hydrogen (secondary N) is 1. The van der Waals surface area contributed by atoms with Gasteiger partial charge in [-0.1, -0.05) is 45.0 Å². The van der Waals surface area contributed by atoms with Gasteiger partial charge in [0.25, 0.3) is 11.6 Å². The molecule has 0 saturated heterocycles. The average Bonchev–Trinajstić information content (AvgIpc) is 3.01. The van der Waals surface area contributed by atoms with Gasteiger partial charge in [0.1, 0.15) is 34.7 Å². The number of non-ortho nitro benzene ring substituents is 1. The molecule has 45 heavy (non-hydrogen) atoms. The topological polar surface area (TPSA) is 141 Å². The maximum Gasteiger partial charge on any atom is 0.326 e. The Bertz CT molecular complexity index is 1850. The number of carboxylic acids is 1. The Balaban J connectivity index is 1.24. The van der Waals surface area contributed by atoms with Crippen LogP contribution in [0.5, 0.6) is 23.0 Å². The number of carbonyl (C=O) groups is 2. The zero-order valence-corrected chi connectivity index (χ0v) is 24.9. The number of aliphatic carboxylic acids is 1. The highest BCUT2D eigenvalue weighted by molar-refractivity contribution is 5.98. The van der Waals surface area contributed by atoms with Crippen molar-refractivity contribution in [3.63, 3.8) is 0 Å². The number of rotatable bonds is 10. The Morgan fingerprint density at radius 3 is 1.96 bits per heavy atom. The summed E-state index contributed by atoms with van der Waals surface area (Å²) in [5.74, 6) is 0.349. The Kier molecular flexibility index (Phi) is 8.76. The summed E-state index contributed by atoms with van der Waals surface area (Å²) in [5, 5.41) is 24.7. The van der Waals surface area contributed by atoms with Crippen LogP contribution in [-0.2, 0) is 16.6 Å². The van der Waals surface area contributed by atoms with Crippen molar-refractivity contribution < 1.29 is 29.1 Å². The summed E-state index contributed by atoms with van der Waals surface area (Å²) >= 11 is 0. The largest absolute Gasteiger partial charge is 0.480 e. The first kappa shape index (κ1) is 30.7. The Morgan fingerprint density at radius 1 is 0.822 bits per heavy atom. The van der Waals surface area contributed by atoms with Crippen molar-refractivity contribution in [1.82, 2.24) is 10.3 Å². The highest BCUT2D eigenvalue weighted by Crippen LogP contribution is 2.29. The predicted molar refractivity (Wildman–Crippen MR) is 169 cm³/mol. The van der Waals surface area contributed by atoms with Crippen LogP contribution in [0.3, 0.4) is 0 Å². The highest BCUT2D eigenvalue weighted by Gasteiger charge is 2.22. The smallest absolute Gasteiger partial charge is 0.326 e. The molecule has 0 aliphatic heterocycles. The molecule has 0 saturated carbocycles. The summed E-state index contributed by atoms with van der Waals surface area (Å²) in [6.07, 6.45) is 1.59. The fraction of sp³-hybridized carbons (Fsp3) is 0.171. The lowest BCUT2D eigenvalue weighted by Gasteiger charge is -2.19. The molecule has 228 valence electrons. The van der Waals surface area contributed by atoms with Gasteiger partial charge in [-0.3, -0.25) is 19.9 Å². The predicted octanol–water partition coefficient (Wildman–Crippen LogP) is 7.45. The van der Waals surface area contributed by atoms with Crippen LogP contribution >= 0.6 is 0 Å². The molecular weight excluding hydrogens is 574 g/mol. The molecule has 0 fully saturated rings. The summed E-state index contributed by atoms with van der Waals surface area (Å²) in [6.45, 7) is 6.44. The third-order valence-corrected chi connectivity index (χ3v) is 7.13. The fourth-order valence-electron chi connectivity index (χ4n) is 4.60. The molecule has 0 bridgehead atoms. The number of carbonyl (C=O) groups excluding carboxylic acids is 1. The maximum absolute atomic E-state index is 13.1. The first-order chi connectivity index (χ1) is 21.4. The lowest BCUT2D eigenvalue weighted by Crippen LogP contribution is -2.42. The van der Waals surface area contributed by atoms with E-state index in [2.05, 4.69) is 31.1 Å². The summed E-state index contributed by atoms with van der Waals surface area (Å²) in [5.41, 5.74) is 1.91. The van der Waals surface area contributed by atoms with E-state index in [0.29, 0.717) is 28.6 Å². The zero-order valence-electron chi connectivity index (χ0n) is 24.9. The molecule has 1 atom stereocenters. The quantitative estimate of drug-likeness (QED) is 0.124. The monoisotopic (exact) mass is 605 g/mol. The van der Waals surface area contributed by atoms with E-state index in [4.69, 9.17) is 9.47 Å². The van der Waals surface area contributed by atoms with Crippen molar-refractivity contribution in [2.24, 2.45) is 0 Å². The van der Waals surface area contributed by atoms with E-state index in [1.807, 2.05) is 36.4 Å². The second kappa shape index (κ2) is 12.8. The van der Waals surface area contributed by atoms with E-state index < -0.39 is 22.8 Å². The number of ether oxygens (including phenoxy) is 2. The number of hydrogen-bond acceptors (Lipinski definition) is 7. The molecule has 10 heteroatoms. The molecule has 1 amide bonds. The van der Waals surface area contributed by atoms with Crippen LogP contribution in [0.1, 0.15) is 42.4 Å². The third-order valence-electron chi connectivity index (χ3n) is 7.13. The molecule has 0 aliphatic rings. The number of hydrogen-bond donors (Lipinski definition) is 2. The van der Waals surface area contributed by atoms with Crippen molar-refractivity contribution in [3.8, 4) is 23.0 Å². The Labute approximate surface area is 259 Å². The first-order valence-electron chi connectivity index (χ1n) is 14.2. The van der Waals surface area contributed by atoms with E-state index in [-0.39, 0.29) is 23.2 Å². The number of nitro groups is 1. The summed E-state index contributed by atoms with van der Waals surface area (Å²) < 4.78 is 11.8. The number of fused-ring (bicyclic) bond motifs is 1. The molecule has 0 radical (unpaired) electrons. The number of carboxylic acid groups (broad SMARTS) is 1. The molecule has 1 aromatic heterocycles. The van der Waals surface area contributed by atoms with Gasteiger partial charge in [-0.15, -0.1) is 0 Å². The van der Waals surface area contributed by atoms with Crippen LogP contribution < -0.4 is 14.8 Å². The molecule has 2 N–H and O–H groups in total. The van der Waals surface area contributed by atoms with Crippen LogP contribution in [0.4, 0.5) is 5.69 Å². The van der Waals surface area contributed by atoms with Gasteiger partial charge in [-0.25, -0.2) is 4.79 Å². The molecule has 0 aliphatic carbocycles. The van der Waals surface area contributed by atoms with Crippen molar-refractivity contribution in [1.29, 1.82) is 0 Å². The molecule has 0 unspecified atom stereocenters. The number of benzene rings is 4. The Hall–Kier alpha value is -5.77. The van der Waals surface area contributed by atoms with Gasteiger partial charge in [0.2, 0.25) is 0 Å². The van der Waals surface area contributed by atoms with Crippen molar-refractivity contribution in [2.75, 3.05) is 0 Å². The first-order valence-corrected chi connectivity index (χ1v) is 14.2. The molecule has 1 heterocycles. The van der Waals surface area contributed by atoms with E-state index in [9.17, 15) is 24.8 Å². The number of nitrogens with zero attached hydrogens (tertiary/aromatic N) is 2. The van der Waals surface area contributed by atoms with Crippen LogP contribution in [0.25, 0.3) is 10.8 Å². The van der Waals surface area contributed by atoms with Gasteiger partial charge in [0, 0.05) is 30.1 Å². The van der Waals surface area contributed by atoms with Gasteiger partial charge in [-0.2, -0.15) is 0 Å². The molecule has 4 aromatic carbocycles. The maximum atomic E-state index is 13.1. The average molecular weight is 606 g/mol. The van der Waals surface area contributed by atoms with Gasteiger partial charge >= 0.3 is 5.97 Å².